The van der Waals surface area contributed by atoms with Crippen LogP contribution in [0, 0.1) is 0 Å². The Balaban J connectivity index is 4.01. The zero-order valence-corrected chi connectivity index (χ0v) is 10.5. The minimum absolute atomic E-state index is 0.000441. The molecule has 0 aliphatic heterocycles. The predicted octanol–water partition coefficient (Wildman–Crippen LogP) is 0.0765. The van der Waals surface area contributed by atoms with Crippen molar-refractivity contribution in [3.05, 3.63) is 0 Å². The standard InChI is InChI=1S/C10H15F3N2O4/c1-3-19-8(17)4-5-15(2)7(16)6-14-9(18)10(11,12)13/h3-6H2,1-2H3,(H,14,18). The highest BCUT2D eigenvalue weighted by Crippen LogP contribution is 2.13. The first-order chi connectivity index (χ1) is 8.68. The molecule has 0 fully saturated rings. The summed E-state index contributed by atoms with van der Waals surface area (Å²) in [6, 6.07) is 0. The number of esters is 1. The molecule has 0 bridgehead atoms. The summed E-state index contributed by atoms with van der Waals surface area (Å²) >= 11 is 0. The van der Waals surface area contributed by atoms with Crippen molar-refractivity contribution in [1.29, 1.82) is 0 Å². The van der Waals surface area contributed by atoms with Crippen LogP contribution in [0.15, 0.2) is 0 Å². The quantitative estimate of drug-likeness (QED) is 0.701. The van der Waals surface area contributed by atoms with Gasteiger partial charge >= 0.3 is 18.1 Å². The number of amides is 2. The van der Waals surface area contributed by atoms with Crippen molar-refractivity contribution >= 4 is 17.8 Å². The zero-order chi connectivity index (χ0) is 15.1. The lowest BCUT2D eigenvalue weighted by molar-refractivity contribution is -0.174. The van der Waals surface area contributed by atoms with Crippen LogP contribution in [0.25, 0.3) is 0 Å². The SMILES string of the molecule is CCOC(=O)CCN(C)C(=O)CNC(=O)C(F)(F)F. The summed E-state index contributed by atoms with van der Waals surface area (Å²) in [7, 11) is 1.31. The van der Waals surface area contributed by atoms with Gasteiger partial charge in [0.05, 0.1) is 19.6 Å². The van der Waals surface area contributed by atoms with Crippen LogP contribution in [0.1, 0.15) is 13.3 Å². The van der Waals surface area contributed by atoms with Gasteiger partial charge in [0.25, 0.3) is 0 Å². The Bertz CT molecular complexity index is 344. The lowest BCUT2D eigenvalue weighted by Gasteiger charge is -2.17. The van der Waals surface area contributed by atoms with Crippen LogP contribution in [0.5, 0.6) is 0 Å². The van der Waals surface area contributed by atoms with E-state index in [1.165, 1.54) is 12.4 Å². The normalized spacial score (nSPS) is 10.8. The Hall–Kier alpha value is -1.80. The highest BCUT2D eigenvalue weighted by molar-refractivity contribution is 5.87. The molecule has 0 rings (SSSR count). The molecule has 110 valence electrons. The van der Waals surface area contributed by atoms with Crippen molar-refractivity contribution in [1.82, 2.24) is 10.2 Å². The molecular weight excluding hydrogens is 269 g/mol. The van der Waals surface area contributed by atoms with E-state index in [-0.39, 0.29) is 19.6 Å². The molecule has 1 N–H and O–H groups in total. The number of rotatable bonds is 6. The summed E-state index contributed by atoms with van der Waals surface area (Å²) in [4.78, 5) is 33.8. The third kappa shape index (κ3) is 7.27. The molecule has 0 heterocycles. The molecule has 6 nitrogen and oxygen atoms in total. The minimum atomic E-state index is -5.02. The second kappa shape index (κ2) is 7.59. The third-order valence-electron chi connectivity index (χ3n) is 2.04. The van der Waals surface area contributed by atoms with Gasteiger partial charge in [0.2, 0.25) is 5.91 Å². The average molecular weight is 284 g/mol. The van der Waals surface area contributed by atoms with Crippen molar-refractivity contribution < 1.29 is 32.3 Å². The van der Waals surface area contributed by atoms with E-state index in [4.69, 9.17) is 0 Å². The zero-order valence-electron chi connectivity index (χ0n) is 10.5. The number of nitrogens with zero attached hydrogens (tertiary/aromatic N) is 1. The molecule has 0 aromatic heterocycles. The molecule has 2 amide bonds. The van der Waals surface area contributed by atoms with Crippen LogP contribution >= 0.6 is 0 Å². The Morgan fingerprint density at radius 1 is 1.26 bits per heavy atom. The van der Waals surface area contributed by atoms with Gasteiger partial charge in [-0.15, -0.1) is 0 Å². The molecule has 0 aromatic rings. The number of ether oxygens (including phenoxy) is 1. The molecule has 0 saturated carbocycles. The molecule has 0 atom stereocenters. The van der Waals surface area contributed by atoms with E-state index >= 15 is 0 Å². The number of likely N-dealkylation sites (N-methyl/N-ethyl adjacent to an activating group) is 1. The Morgan fingerprint density at radius 3 is 2.32 bits per heavy atom. The van der Waals surface area contributed by atoms with E-state index < -0.39 is 30.5 Å². The van der Waals surface area contributed by atoms with Crippen molar-refractivity contribution in [2.24, 2.45) is 0 Å². The fraction of sp³-hybridized carbons (Fsp3) is 0.700. The molecule has 0 radical (unpaired) electrons. The van der Waals surface area contributed by atoms with Crippen LogP contribution in [0.2, 0.25) is 0 Å². The summed E-state index contributed by atoms with van der Waals surface area (Å²) in [5.74, 6) is -3.43. The van der Waals surface area contributed by atoms with Crippen molar-refractivity contribution in [3.8, 4) is 0 Å². The number of nitrogens with one attached hydrogen (secondary N) is 1. The summed E-state index contributed by atoms with van der Waals surface area (Å²) in [6.07, 6.45) is -5.09. The molecule has 0 aromatic carbocycles. The fourth-order valence-corrected chi connectivity index (χ4v) is 1.01. The number of carbonyl (C=O) groups excluding carboxylic acids is 3. The van der Waals surface area contributed by atoms with Gasteiger partial charge in [0, 0.05) is 13.6 Å². The minimum Gasteiger partial charge on any atom is -0.466 e. The van der Waals surface area contributed by atoms with Gasteiger partial charge in [-0.2, -0.15) is 13.2 Å². The smallest absolute Gasteiger partial charge is 0.466 e. The third-order valence-corrected chi connectivity index (χ3v) is 2.04. The highest BCUT2D eigenvalue weighted by Gasteiger charge is 2.38. The van der Waals surface area contributed by atoms with E-state index in [2.05, 4.69) is 4.74 Å². The summed E-state index contributed by atoms with van der Waals surface area (Å²) in [5, 5.41) is 1.44. The summed E-state index contributed by atoms with van der Waals surface area (Å²) < 4.78 is 40.1. The van der Waals surface area contributed by atoms with Gasteiger partial charge in [0.15, 0.2) is 0 Å². The largest absolute Gasteiger partial charge is 0.471 e. The Morgan fingerprint density at radius 2 is 1.84 bits per heavy atom. The van der Waals surface area contributed by atoms with Crippen LogP contribution in [0.4, 0.5) is 13.2 Å². The predicted molar refractivity (Wildman–Crippen MR) is 58.0 cm³/mol. The van der Waals surface area contributed by atoms with Gasteiger partial charge in [0.1, 0.15) is 0 Å². The van der Waals surface area contributed by atoms with Gasteiger partial charge in [-0.05, 0) is 6.92 Å². The van der Waals surface area contributed by atoms with Gasteiger partial charge in [-0.3, -0.25) is 14.4 Å². The number of alkyl halides is 3. The number of carbonyl (C=O) groups is 3. The molecule has 9 heteroatoms. The second-order valence-electron chi connectivity index (χ2n) is 3.55. The molecular formula is C10H15F3N2O4. The summed E-state index contributed by atoms with van der Waals surface area (Å²) in [6.45, 7) is 1.05. The van der Waals surface area contributed by atoms with Crippen molar-refractivity contribution in [3.63, 3.8) is 0 Å². The van der Waals surface area contributed by atoms with Crippen molar-refractivity contribution in [2.45, 2.75) is 19.5 Å². The molecule has 0 unspecified atom stereocenters. The van der Waals surface area contributed by atoms with Crippen LogP contribution in [0.3, 0.4) is 0 Å². The van der Waals surface area contributed by atoms with Gasteiger partial charge in [-0.1, -0.05) is 0 Å². The molecule has 0 saturated heterocycles. The van der Waals surface area contributed by atoms with Gasteiger partial charge < -0.3 is 15.0 Å². The lowest BCUT2D eigenvalue weighted by Crippen LogP contribution is -2.43. The van der Waals surface area contributed by atoms with E-state index in [9.17, 15) is 27.6 Å². The lowest BCUT2D eigenvalue weighted by atomic mass is 10.4. The fourth-order valence-electron chi connectivity index (χ4n) is 1.01. The van der Waals surface area contributed by atoms with Crippen molar-refractivity contribution in [2.75, 3.05) is 26.7 Å². The monoisotopic (exact) mass is 284 g/mol. The molecule has 19 heavy (non-hydrogen) atoms. The van der Waals surface area contributed by atoms with Crippen LogP contribution in [-0.2, 0) is 19.1 Å². The summed E-state index contributed by atoms with van der Waals surface area (Å²) in [5.41, 5.74) is 0. The molecule has 0 aliphatic carbocycles. The highest BCUT2D eigenvalue weighted by atomic mass is 19.4. The maximum atomic E-state index is 11.8. The first-order valence-electron chi connectivity index (χ1n) is 5.43. The van der Waals surface area contributed by atoms with E-state index in [1.807, 2.05) is 0 Å². The second-order valence-corrected chi connectivity index (χ2v) is 3.55. The first kappa shape index (κ1) is 17.2. The number of halogens is 3. The number of hydrogen-bond donors (Lipinski definition) is 1. The van der Waals surface area contributed by atoms with Crippen LogP contribution in [-0.4, -0.2) is 55.6 Å². The molecule has 0 spiro atoms. The average Bonchev–Trinajstić information content (AvgIpc) is 2.31. The van der Waals surface area contributed by atoms with E-state index in [1.54, 1.807) is 6.92 Å². The van der Waals surface area contributed by atoms with Gasteiger partial charge in [-0.25, -0.2) is 0 Å². The first-order valence-corrected chi connectivity index (χ1v) is 5.43. The topological polar surface area (TPSA) is 75.7 Å². The Labute approximate surface area is 107 Å². The maximum absolute atomic E-state index is 11.8. The van der Waals surface area contributed by atoms with E-state index in [0.717, 1.165) is 4.90 Å². The number of hydrogen-bond acceptors (Lipinski definition) is 4. The molecule has 0 aliphatic rings. The van der Waals surface area contributed by atoms with Crippen LogP contribution < -0.4 is 5.32 Å². The maximum Gasteiger partial charge on any atom is 0.471 e. The Kier molecular flexibility index (Phi) is 6.87. The van der Waals surface area contributed by atoms with E-state index in [0.29, 0.717) is 0 Å².